The van der Waals surface area contributed by atoms with E-state index >= 15 is 0 Å². The molecule has 0 unspecified atom stereocenters. The molecule has 26 heavy (non-hydrogen) atoms. The van der Waals surface area contributed by atoms with E-state index < -0.39 is 21.4 Å². The number of aromatic hydroxyl groups is 1. The molecule has 0 saturated carbocycles. The van der Waals surface area contributed by atoms with Crippen molar-refractivity contribution in [3.8, 4) is 5.75 Å². The number of halogens is 1. The zero-order chi connectivity index (χ0) is 18.6. The first kappa shape index (κ1) is 16.5. The molecule has 0 aromatic heterocycles. The SMILES string of the molecule is O=C(O)c1c(Cl)c(N=Nc2c(O)ccc3ccccc23)cc2c1S2(=O)=O. The molecule has 1 heterocycles. The predicted octanol–water partition coefficient (Wildman–Crippen LogP) is 4.46. The molecular weight excluding hydrogens is 380 g/mol. The molecule has 1 aliphatic heterocycles. The van der Waals surface area contributed by atoms with Crippen LogP contribution in [-0.4, -0.2) is 24.6 Å². The zero-order valence-corrected chi connectivity index (χ0v) is 14.4. The Kier molecular flexibility index (Phi) is 3.50. The van der Waals surface area contributed by atoms with Crippen LogP contribution in [0.3, 0.4) is 0 Å². The lowest BCUT2D eigenvalue weighted by Crippen LogP contribution is -1.97. The number of phenolic OH excluding ortho intramolecular Hbond substituents is 1. The minimum absolute atomic E-state index is 0.101. The summed E-state index contributed by atoms with van der Waals surface area (Å²) in [5.74, 6) is -1.58. The quantitative estimate of drug-likeness (QED) is 0.397. The van der Waals surface area contributed by atoms with Gasteiger partial charge in [-0.25, -0.2) is 13.2 Å². The highest BCUT2D eigenvalue weighted by Crippen LogP contribution is 2.50. The molecule has 0 atom stereocenters. The number of hydrogen-bond donors (Lipinski definition) is 2. The van der Waals surface area contributed by atoms with Gasteiger partial charge in [-0.2, -0.15) is 0 Å². The zero-order valence-electron chi connectivity index (χ0n) is 12.8. The molecule has 1 aliphatic rings. The number of aromatic carboxylic acids is 1. The first-order chi connectivity index (χ1) is 12.3. The molecule has 0 saturated heterocycles. The molecule has 9 heteroatoms. The maximum atomic E-state index is 11.8. The topological polar surface area (TPSA) is 116 Å². The van der Waals surface area contributed by atoms with Gasteiger partial charge in [0.25, 0.3) is 0 Å². The summed E-state index contributed by atoms with van der Waals surface area (Å²) in [4.78, 5) is 10.9. The van der Waals surface area contributed by atoms with Crippen LogP contribution in [0.25, 0.3) is 10.8 Å². The molecule has 130 valence electrons. The second kappa shape index (κ2) is 5.52. The molecular formula is C17H9ClN2O5S. The molecule has 0 radical (unpaired) electrons. The number of carboxylic acid groups (broad SMARTS) is 1. The van der Waals surface area contributed by atoms with Gasteiger partial charge in [-0.3, -0.25) is 0 Å². The lowest BCUT2D eigenvalue weighted by molar-refractivity contribution is 0.0693. The van der Waals surface area contributed by atoms with Crippen molar-refractivity contribution in [2.24, 2.45) is 10.2 Å². The van der Waals surface area contributed by atoms with E-state index in [2.05, 4.69) is 10.2 Å². The molecule has 0 fully saturated rings. The first-order valence-electron chi connectivity index (χ1n) is 7.29. The van der Waals surface area contributed by atoms with E-state index in [1.54, 1.807) is 18.2 Å². The van der Waals surface area contributed by atoms with Crippen LogP contribution < -0.4 is 0 Å². The van der Waals surface area contributed by atoms with Crippen LogP contribution in [-0.2, 0) is 9.84 Å². The van der Waals surface area contributed by atoms with Crippen LogP contribution in [0.15, 0.2) is 62.5 Å². The van der Waals surface area contributed by atoms with Crippen molar-refractivity contribution in [2.75, 3.05) is 0 Å². The normalized spacial score (nSPS) is 14.5. The number of sulfone groups is 1. The summed E-state index contributed by atoms with van der Waals surface area (Å²) in [6.45, 7) is 0. The summed E-state index contributed by atoms with van der Waals surface area (Å²) < 4.78 is 23.7. The number of hydrogen-bond acceptors (Lipinski definition) is 6. The minimum Gasteiger partial charge on any atom is -0.506 e. The second-order valence-electron chi connectivity index (χ2n) is 5.57. The minimum atomic E-state index is -3.74. The average Bonchev–Trinajstić information content (AvgIpc) is 3.14. The molecule has 4 rings (SSSR count). The van der Waals surface area contributed by atoms with Crippen molar-refractivity contribution in [3.05, 3.63) is 53.1 Å². The van der Waals surface area contributed by atoms with Crippen LogP contribution >= 0.6 is 11.6 Å². The van der Waals surface area contributed by atoms with Gasteiger partial charge < -0.3 is 10.2 Å². The largest absolute Gasteiger partial charge is 0.506 e. The van der Waals surface area contributed by atoms with Crippen molar-refractivity contribution in [3.63, 3.8) is 0 Å². The number of phenols is 1. The summed E-state index contributed by atoms with van der Waals surface area (Å²) in [5.41, 5.74) is -0.444. The van der Waals surface area contributed by atoms with Crippen LogP contribution in [0.4, 0.5) is 11.4 Å². The monoisotopic (exact) mass is 388 g/mol. The fourth-order valence-corrected chi connectivity index (χ4v) is 4.57. The number of carbonyl (C=O) groups is 1. The Bertz CT molecular complexity index is 1250. The Labute approximate surface area is 152 Å². The fourth-order valence-electron chi connectivity index (χ4n) is 2.74. The van der Waals surface area contributed by atoms with E-state index in [1.165, 1.54) is 12.1 Å². The number of azo groups is 1. The van der Waals surface area contributed by atoms with E-state index in [4.69, 9.17) is 11.6 Å². The van der Waals surface area contributed by atoms with Crippen molar-refractivity contribution in [2.45, 2.75) is 9.79 Å². The van der Waals surface area contributed by atoms with Gasteiger partial charge in [-0.05, 0) is 17.5 Å². The van der Waals surface area contributed by atoms with Crippen LogP contribution in [0, 0.1) is 0 Å². The van der Waals surface area contributed by atoms with Crippen LogP contribution in [0.2, 0.25) is 5.02 Å². The van der Waals surface area contributed by atoms with Gasteiger partial charge in [-0.15, -0.1) is 10.2 Å². The van der Waals surface area contributed by atoms with Gasteiger partial charge in [0.15, 0.2) is 0 Å². The molecule has 0 aliphatic carbocycles. The van der Waals surface area contributed by atoms with Crippen LogP contribution in [0.5, 0.6) is 5.75 Å². The summed E-state index contributed by atoms with van der Waals surface area (Å²) in [7, 11) is -3.74. The molecule has 3 aromatic carbocycles. The Morgan fingerprint density at radius 2 is 1.81 bits per heavy atom. The number of carboxylic acids is 1. The molecule has 7 nitrogen and oxygen atoms in total. The van der Waals surface area contributed by atoms with Crippen molar-refractivity contribution in [1.29, 1.82) is 0 Å². The third-order valence-electron chi connectivity index (χ3n) is 4.03. The highest BCUT2D eigenvalue weighted by atomic mass is 35.5. The van der Waals surface area contributed by atoms with E-state index in [-0.39, 0.29) is 31.9 Å². The lowest BCUT2D eigenvalue weighted by atomic mass is 10.1. The van der Waals surface area contributed by atoms with Crippen molar-refractivity contribution in [1.82, 2.24) is 0 Å². The number of fused-ring (bicyclic) bond motifs is 2. The summed E-state index contributed by atoms with van der Waals surface area (Å²) >= 11 is 6.03. The molecule has 0 amide bonds. The standard InChI is InChI=1S/C17H9ClN2O5S/c18-14-10(7-12-16(26(12,24)25)13(14)17(22)23)19-20-15-9-4-2-1-3-8(9)5-6-11(15)21/h1-7,21H,(H,22,23). The van der Waals surface area contributed by atoms with E-state index in [1.807, 2.05) is 12.1 Å². The molecule has 0 spiro atoms. The third kappa shape index (κ3) is 2.34. The van der Waals surface area contributed by atoms with Crippen molar-refractivity contribution < 1.29 is 23.4 Å². The number of nitrogens with zero attached hydrogens (tertiary/aromatic N) is 2. The third-order valence-corrected chi connectivity index (χ3v) is 6.07. The van der Waals surface area contributed by atoms with Crippen molar-refractivity contribution >= 4 is 49.6 Å². The fraction of sp³-hybridized carbons (Fsp3) is 0. The summed E-state index contributed by atoms with van der Waals surface area (Å²) in [5, 5.41) is 28.3. The number of benzene rings is 3. The molecule has 3 aromatic rings. The van der Waals surface area contributed by atoms with Gasteiger partial charge in [0.1, 0.15) is 27.6 Å². The second-order valence-corrected chi connectivity index (χ2v) is 7.81. The average molecular weight is 389 g/mol. The van der Waals surface area contributed by atoms with E-state index in [0.717, 1.165) is 5.39 Å². The first-order valence-corrected chi connectivity index (χ1v) is 9.16. The van der Waals surface area contributed by atoms with Gasteiger partial charge in [0.05, 0.1) is 9.92 Å². The lowest BCUT2D eigenvalue weighted by Gasteiger charge is -2.04. The molecule has 2 N–H and O–H groups in total. The molecule has 0 bridgehead atoms. The maximum Gasteiger partial charge on any atom is 0.338 e. The van der Waals surface area contributed by atoms with E-state index in [9.17, 15) is 23.4 Å². The Balaban J connectivity index is 1.88. The Morgan fingerprint density at radius 3 is 2.54 bits per heavy atom. The smallest absolute Gasteiger partial charge is 0.338 e. The van der Waals surface area contributed by atoms with Gasteiger partial charge in [0, 0.05) is 5.39 Å². The number of rotatable bonds is 3. The highest BCUT2D eigenvalue weighted by Gasteiger charge is 2.46. The Morgan fingerprint density at radius 1 is 1.08 bits per heavy atom. The Hall–Kier alpha value is -2.97. The van der Waals surface area contributed by atoms with Gasteiger partial charge in [0.2, 0.25) is 9.84 Å². The summed E-state index contributed by atoms with van der Waals surface area (Å²) in [6.07, 6.45) is 0. The van der Waals surface area contributed by atoms with Crippen LogP contribution in [0.1, 0.15) is 10.4 Å². The predicted molar refractivity (Wildman–Crippen MR) is 93.7 cm³/mol. The van der Waals surface area contributed by atoms with Gasteiger partial charge >= 0.3 is 5.97 Å². The van der Waals surface area contributed by atoms with Gasteiger partial charge in [-0.1, -0.05) is 41.9 Å². The summed E-state index contributed by atoms with van der Waals surface area (Å²) in [6, 6.07) is 11.5. The van der Waals surface area contributed by atoms with E-state index in [0.29, 0.717) is 5.39 Å². The maximum absolute atomic E-state index is 11.8. The highest BCUT2D eigenvalue weighted by molar-refractivity contribution is 7.97.